The lowest BCUT2D eigenvalue weighted by Crippen LogP contribution is -1.97. The number of hydrogen-bond acceptors (Lipinski definition) is 3. The Balaban J connectivity index is 2.14. The Morgan fingerprint density at radius 2 is 2.06 bits per heavy atom. The van der Waals surface area contributed by atoms with Crippen molar-refractivity contribution in [3.05, 3.63) is 29.8 Å². The van der Waals surface area contributed by atoms with Gasteiger partial charge in [-0.1, -0.05) is 12.1 Å². The van der Waals surface area contributed by atoms with Gasteiger partial charge in [0.05, 0.1) is 13.2 Å². The van der Waals surface area contributed by atoms with Crippen LogP contribution in [-0.4, -0.2) is 19.8 Å². The molecule has 2 rings (SSSR count). The lowest BCUT2D eigenvalue weighted by Gasteiger charge is -2.09. The monoisotopic (exact) mass is 247 g/mol. The number of ether oxygens (including phenoxy) is 2. The molecule has 3 heteroatoms. The van der Waals surface area contributed by atoms with Crippen molar-refractivity contribution in [2.45, 2.75) is 26.2 Å². The van der Waals surface area contributed by atoms with Crippen LogP contribution in [-0.2, 0) is 0 Å². The van der Waals surface area contributed by atoms with E-state index >= 15 is 0 Å². The van der Waals surface area contributed by atoms with Gasteiger partial charge >= 0.3 is 0 Å². The maximum Gasteiger partial charge on any atom is 0.161 e. The molecule has 2 N–H and O–H groups in total. The van der Waals surface area contributed by atoms with Gasteiger partial charge in [0.25, 0.3) is 0 Å². The zero-order valence-electron chi connectivity index (χ0n) is 10.9. The van der Waals surface area contributed by atoms with Gasteiger partial charge in [0.15, 0.2) is 11.5 Å². The highest BCUT2D eigenvalue weighted by atomic mass is 16.5. The summed E-state index contributed by atoms with van der Waals surface area (Å²) in [5.41, 5.74) is 7.95. The molecule has 0 fully saturated rings. The fourth-order valence-corrected chi connectivity index (χ4v) is 1.96. The SMILES string of the molecule is C/C(=C\CCCN)c1ccc2c(c1)OCCCO2. The van der Waals surface area contributed by atoms with E-state index in [1.807, 2.05) is 6.07 Å². The Morgan fingerprint density at radius 3 is 2.83 bits per heavy atom. The third kappa shape index (κ3) is 3.26. The summed E-state index contributed by atoms with van der Waals surface area (Å²) in [6, 6.07) is 6.15. The second-order valence-corrected chi connectivity index (χ2v) is 4.53. The van der Waals surface area contributed by atoms with Crippen LogP contribution in [0.5, 0.6) is 11.5 Å². The van der Waals surface area contributed by atoms with Crippen molar-refractivity contribution in [2.24, 2.45) is 5.73 Å². The largest absolute Gasteiger partial charge is 0.490 e. The van der Waals surface area contributed by atoms with E-state index in [0.29, 0.717) is 0 Å². The number of hydrogen-bond donors (Lipinski definition) is 1. The summed E-state index contributed by atoms with van der Waals surface area (Å²) in [5.74, 6) is 1.71. The molecule has 3 nitrogen and oxygen atoms in total. The molecule has 1 aromatic carbocycles. The first-order chi connectivity index (χ1) is 8.81. The van der Waals surface area contributed by atoms with Crippen molar-refractivity contribution in [3.8, 4) is 11.5 Å². The molecule has 0 amide bonds. The molecule has 0 saturated heterocycles. The topological polar surface area (TPSA) is 44.5 Å². The van der Waals surface area contributed by atoms with Crippen LogP contribution in [0.3, 0.4) is 0 Å². The fourth-order valence-electron chi connectivity index (χ4n) is 1.96. The molecule has 1 aliphatic heterocycles. The van der Waals surface area contributed by atoms with Gasteiger partial charge in [0, 0.05) is 6.42 Å². The van der Waals surface area contributed by atoms with Crippen LogP contribution in [0, 0.1) is 0 Å². The van der Waals surface area contributed by atoms with Crippen molar-refractivity contribution in [1.29, 1.82) is 0 Å². The van der Waals surface area contributed by atoms with Crippen molar-refractivity contribution in [3.63, 3.8) is 0 Å². The Labute approximate surface area is 109 Å². The number of unbranched alkanes of at least 4 members (excludes halogenated alkanes) is 1. The van der Waals surface area contributed by atoms with Crippen LogP contribution in [0.1, 0.15) is 31.7 Å². The molecule has 0 aliphatic carbocycles. The summed E-state index contributed by atoms with van der Waals surface area (Å²) in [6.07, 6.45) is 5.22. The molecule has 0 unspecified atom stereocenters. The van der Waals surface area contributed by atoms with Gasteiger partial charge in [-0.05, 0) is 49.6 Å². The fraction of sp³-hybridized carbons (Fsp3) is 0.467. The Morgan fingerprint density at radius 1 is 1.28 bits per heavy atom. The first-order valence-electron chi connectivity index (χ1n) is 6.58. The normalized spacial score (nSPS) is 15.3. The van der Waals surface area contributed by atoms with E-state index in [1.165, 1.54) is 11.1 Å². The third-order valence-corrected chi connectivity index (χ3v) is 3.06. The molecule has 0 saturated carbocycles. The number of benzene rings is 1. The number of fused-ring (bicyclic) bond motifs is 1. The maximum absolute atomic E-state index is 5.69. The molecular formula is C15H21NO2. The molecule has 0 atom stereocenters. The lowest BCUT2D eigenvalue weighted by molar-refractivity contribution is 0.297. The maximum atomic E-state index is 5.69. The van der Waals surface area contributed by atoms with E-state index in [2.05, 4.69) is 25.1 Å². The second-order valence-electron chi connectivity index (χ2n) is 4.53. The van der Waals surface area contributed by atoms with Crippen LogP contribution >= 0.6 is 0 Å². The minimum Gasteiger partial charge on any atom is -0.490 e. The zero-order valence-corrected chi connectivity index (χ0v) is 10.9. The highest BCUT2D eigenvalue weighted by Gasteiger charge is 2.10. The number of allylic oxidation sites excluding steroid dienone is 2. The zero-order chi connectivity index (χ0) is 12.8. The van der Waals surface area contributed by atoms with Crippen molar-refractivity contribution >= 4 is 5.57 Å². The highest BCUT2D eigenvalue weighted by molar-refractivity contribution is 5.66. The number of nitrogens with two attached hydrogens (primary N) is 1. The second kappa shape index (κ2) is 6.45. The summed E-state index contributed by atoms with van der Waals surface area (Å²) >= 11 is 0. The van der Waals surface area contributed by atoms with Crippen molar-refractivity contribution in [2.75, 3.05) is 19.8 Å². The third-order valence-electron chi connectivity index (χ3n) is 3.06. The molecular weight excluding hydrogens is 226 g/mol. The van der Waals surface area contributed by atoms with Crippen molar-refractivity contribution in [1.82, 2.24) is 0 Å². The van der Waals surface area contributed by atoms with Gasteiger partial charge < -0.3 is 15.2 Å². The summed E-state index contributed by atoms with van der Waals surface area (Å²) in [7, 11) is 0. The predicted molar refractivity (Wildman–Crippen MR) is 74.0 cm³/mol. The van der Waals surface area contributed by atoms with Gasteiger partial charge in [-0.2, -0.15) is 0 Å². The van der Waals surface area contributed by atoms with Crippen LogP contribution < -0.4 is 15.2 Å². The highest BCUT2D eigenvalue weighted by Crippen LogP contribution is 2.32. The van der Waals surface area contributed by atoms with Crippen LogP contribution in [0.25, 0.3) is 5.57 Å². The smallest absolute Gasteiger partial charge is 0.161 e. The van der Waals surface area contributed by atoms with E-state index in [4.69, 9.17) is 15.2 Å². The number of rotatable bonds is 4. The Bertz CT molecular complexity index is 427. The van der Waals surface area contributed by atoms with E-state index in [-0.39, 0.29) is 0 Å². The molecule has 98 valence electrons. The molecule has 0 bridgehead atoms. The Kier molecular flexibility index (Phi) is 4.65. The first-order valence-corrected chi connectivity index (χ1v) is 6.58. The first kappa shape index (κ1) is 13.0. The molecule has 18 heavy (non-hydrogen) atoms. The average Bonchev–Trinajstić information content (AvgIpc) is 2.63. The van der Waals surface area contributed by atoms with Gasteiger partial charge in [0.2, 0.25) is 0 Å². The molecule has 1 aliphatic rings. The standard InChI is InChI=1S/C15H21NO2/c1-12(5-2-3-8-16)13-6-7-14-15(11-13)18-10-4-9-17-14/h5-7,11H,2-4,8-10,16H2,1H3/b12-5+. The Hall–Kier alpha value is -1.48. The minimum atomic E-state index is 0.729. The lowest BCUT2D eigenvalue weighted by atomic mass is 10.1. The summed E-state index contributed by atoms with van der Waals surface area (Å²) in [4.78, 5) is 0. The predicted octanol–water partition coefficient (Wildman–Crippen LogP) is 2.99. The summed E-state index contributed by atoms with van der Waals surface area (Å²) in [5, 5.41) is 0. The van der Waals surface area contributed by atoms with Gasteiger partial charge in [-0.3, -0.25) is 0 Å². The molecule has 1 heterocycles. The van der Waals surface area contributed by atoms with Crippen LogP contribution in [0.2, 0.25) is 0 Å². The summed E-state index contributed by atoms with van der Waals surface area (Å²) < 4.78 is 11.3. The van der Waals surface area contributed by atoms with Crippen molar-refractivity contribution < 1.29 is 9.47 Å². The van der Waals surface area contributed by atoms with Crippen LogP contribution in [0.15, 0.2) is 24.3 Å². The van der Waals surface area contributed by atoms with Gasteiger partial charge in [-0.15, -0.1) is 0 Å². The van der Waals surface area contributed by atoms with Gasteiger partial charge in [0.1, 0.15) is 0 Å². The molecule has 1 aromatic rings. The van der Waals surface area contributed by atoms with Gasteiger partial charge in [-0.25, -0.2) is 0 Å². The average molecular weight is 247 g/mol. The van der Waals surface area contributed by atoms with E-state index in [9.17, 15) is 0 Å². The van der Waals surface area contributed by atoms with E-state index in [0.717, 1.165) is 50.5 Å². The quantitative estimate of drug-likeness (QED) is 0.832. The molecule has 0 aromatic heterocycles. The molecule has 0 spiro atoms. The van der Waals surface area contributed by atoms with E-state index in [1.54, 1.807) is 0 Å². The minimum absolute atomic E-state index is 0.729. The van der Waals surface area contributed by atoms with Crippen LogP contribution in [0.4, 0.5) is 0 Å². The van der Waals surface area contributed by atoms with E-state index < -0.39 is 0 Å². The molecule has 0 radical (unpaired) electrons. The summed E-state index contributed by atoms with van der Waals surface area (Å²) in [6.45, 7) is 4.32.